The van der Waals surface area contributed by atoms with Gasteiger partial charge in [-0.15, -0.1) is 0 Å². The van der Waals surface area contributed by atoms with Crippen LogP contribution in [-0.2, 0) is 4.74 Å². The lowest BCUT2D eigenvalue weighted by atomic mass is 9.86. The highest BCUT2D eigenvalue weighted by Crippen LogP contribution is 2.49. The molecule has 2 saturated carbocycles. The van der Waals surface area contributed by atoms with E-state index in [1.165, 1.54) is 39.2 Å². The van der Waals surface area contributed by atoms with Crippen LogP contribution >= 0.6 is 11.6 Å². The van der Waals surface area contributed by atoms with Crippen LogP contribution in [0.5, 0.6) is 5.75 Å². The molecule has 4 rings (SSSR count). The van der Waals surface area contributed by atoms with Crippen LogP contribution in [0.25, 0.3) is 0 Å². The number of carbonyl (C=O) groups excluding carboxylic acids is 1. The normalized spacial score (nSPS) is 31.1. The van der Waals surface area contributed by atoms with Crippen molar-refractivity contribution in [3.8, 4) is 5.75 Å². The Morgan fingerprint density at radius 3 is 2.77 bits per heavy atom. The standard InChI is InChI=1S/C23H34ClN3O3/c1-29-21-12-19(25)18(24)11-17(21)23(28)26-20-6-8-27(13-22(20)30-2)7-5-16-10-14-3-4-15(16)9-14/h11-12,14-16,20,22H,3-10,13,25H2,1-2H3,(H,26,28). The smallest absolute Gasteiger partial charge is 0.255 e. The fourth-order valence-corrected chi connectivity index (χ4v) is 5.99. The maximum atomic E-state index is 12.9. The number of hydrogen-bond donors (Lipinski definition) is 2. The number of likely N-dealkylation sites (tertiary alicyclic amines) is 1. The molecule has 0 radical (unpaired) electrons. The molecule has 1 aromatic rings. The molecule has 1 saturated heterocycles. The van der Waals surface area contributed by atoms with Crippen molar-refractivity contribution in [3.05, 3.63) is 22.7 Å². The van der Waals surface area contributed by atoms with Crippen molar-refractivity contribution < 1.29 is 14.3 Å². The Balaban J connectivity index is 1.32. The number of amides is 1. The number of hydrogen-bond acceptors (Lipinski definition) is 5. The molecule has 3 N–H and O–H groups in total. The summed E-state index contributed by atoms with van der Waals surface area (Å²) in [6.45, 7) is 2.96. The number of piperidine rings is 1. The highest BCUT2D eigenvalue weighted by atomic mass is 35.5. The molecular formula is C23H34ClN3O3. The van der Waals surface area contributed by atoms with Gasteiger partial charge >= 0.3 is 0 Å². The van der Waals surface area contributed by atoms with Crippen LogP contribution in [-0.4, -0.2) is 56.8 Å². The van der Waals surface area contributed by atoms with E-state index in [1.807, 2.05) is 0 Å². The van der Waals surface area contributed by atoms with E-state index < -0.39 is 0 Å². The third kappa shape index (κ3) is 4.56. The summed E-state index contributed by atoms with van der Waals surface area (Å²) in [7, 11) is 3.25. The second-order valence-corrected chi connectivity index (χ2v) is 9.65. The van der Waals surface area contributed by atoms with Gasteiger partial charge in [0, 0.05) is 26.3 Å². The number of ether oxygens (including phenoxy) is 2. The summed E-state index contributed by atoms with van der Waals surface area (Å²) in [5.74, 6) is 3.12. The molecule has 2 aliphatic carbocycles. The Hall–Kier alpha value is -1.50. The highest BCUT2D eigenvalue weighted by Gasteiger charge is 2.39. The van der Waals surface area contributed by atoms with Gasteiger partial charge in [-0.1, -0.05) is 18.0 Å². The Morgan fingerprint density at radius 2 is 2.10 bits per heavy atom. The van der Waals surface area contributed by atoms with E-state index in [0.717, 1.165) is 43.8 Å². The molecule has 6 nitrogen and oxygen atoms in total. The molecule has 5 atom stereocenters. The van der Waals surface area contributed by atoms with E-state index in [9.17, 15) is 4.79 Å². The van der Waals surface area contributed by atoms with Crippen LogP contribution in [0.4, 0.5) is 5.69 Å². The molecule has 3 fully saturated rings. The van der Waals surface area contributed by atoms with Gasteiger partial charge in [-0.2, -0.15) is 0 Å². The first kappa shape index (κ1) is 21.7. The van der Waals surface area contributed by atoms with Crippen molar-refractivity contribution in [1.82, 2.24) is 10.2 Å². The van der Waals surface area contributed by atoms with Gasteiger partial charge in [0.05, 0.1) is 35.5 Å². The molecule has 1 aliphatic heterocycles. The summed E-state index contributed by atoms with van der Waals surface area (Å²) < 4.78 is 11.1. The predicted octanol–water partition coefficient (Wildman–Crippen LogP) is 3.58. The van der Waals surface area contributed by atoms with E-state index in [0.29, 0.717) is 22.0 Å². The van der Waals surface area contributed by atoms with Crippen LogP contribution in [0.2, 0.25) is 5.02 Å². The number of halogens is 1. The van der Waals surface area contributed by atoms with Crippen molar-refractivity contribution in [2.45, 2.75) is 50.7 Å². The number of benzene rings is 1. The lowest BCUT2D eigenvalue weighted by molar-refractivity contribution is 0.00429. The first-order valence-corrected chi connectivity index (χ1v) is 11.5. The fourth-order valence-electron chi connectivity index (χ4n) is 5.83. The monoisotopic (exact) mass is 435 g/mol. The van der Waals surface area contributed by atoms with Crippen molar-refractivity contribution in [2.75, 3.05) is 39.6 Å². The molecule has 1 aromatic carbocycles. The summed E-state index contributed by atoms with van der Waals surface area (Å²) in [4.78, 5) is 15.4. The summed E-state index contributed by atoms with van der Waals surface area (Å²) in [5, 5.41) is 3.47. The molecule has 166 valence electrons. The minimum atomic E-state index is -0.212. The van der Waals surface area contributed by atoms with Crippen molar-refractivity contribution in [1.29, 1.82) is 0 Å². The van der Waals surface area contributed by atoms with Gasteiger partial charge in [0.15, 0.2) is 0 Å². The number of nitrogens with zero attached hydrogens (tertiary/aromatic N) is 1. The molecule has 1 amide bonds. The lowest BCUT2D eigenvalue weighted by Gasteiger charge is -2.38. The zero-order valence-corrected chi connectivity index (χ0v) is 18.8. The number of rotatable bonds is 7. The van der Waals surface area contributed by atoms with E-state index in [-0.39, 0.29) is 18.1 Å². The average molecular weight is 436 g/mol. The van der Waals surface area contributed by atoms with Crippen molar-refractivity contribution in [2.24, 2.45) is 17.8 Å². The third-order valence-corrected chi connectivity index (χ3v) is 7.85. The van der Waals surface area contributed by atoms with Gasteiger partial charge in [0.1, 0.15) is 5.75 Å². The number of anilines is 1. The van der Waals surface area contributed by atoms with Crippen LogP contribution in [0.1, 0.15) is 48.9 Å². The maximum Gasteiger partial charge on any atom is 0.255 e. The molecule has 0 spiro atoms. The maximum absolute atomic E-state index is 12.9. The van der Waals surface area contributed by atoms with Gasteiger partial charge < -0.3 is 25.4 Å². The van der Waals surface area contributed by atoms with Crippen molar-refractivity contribution in [3.63, 3.8) is 0 Å². The first-order valence-electron chi connectivity index (χ1n) is 11.2. The Labute approximate surface area is 184 Å². The Kier molecular flexibility index (Phi) is 6.75. The molecule has 30 heavy (non-hydrogen) atoms. The number of methoxy groups -OCH3 is 2. The number of fused-ring (bicyclic) bond motifs is 2. The van der Waals surface area contributed by atoms with Gasteiger partial charge in [0.2, 0.25) is 0 Å². The van der Waals surface area contributed by atoms with Crippen molar-refractivity contribution >= 4 is 23.2 Å². The summed E-state index contributed by atoms with van der Waals surface area (Å²) in [5.41, 5.74) is 6.62. The van der Waals surface area contributed by atoms with Gasteiger partial charge in [-0.3, -0.25) is 4.79 Å². The number of nitrogen functional groups attached to an aromatic ring is 1. The minimum absolute atomic E-state index is 0.0297. The van der Waals surface area contributed by atoms with Gasteiger partial charge in [-0.05, 0) is 62.5 Å². The first-order chi connectivity index (χ1) is 14.5. The molecule has 1 heterocycles. The third-order valence-electron chi connectivity index (χ3n) is 7.53. The van der Waals surface area contributed by atoms with Crippen LogP contribution in [0, 0.1) is 17.8 Å². The Morgan fingerprint density at radius 1 is 1.27 bits per heavy atom. The fraction of sp³-hybridized carbons (Fsp3) is 0.696. The molecule has 0 aromatic heterocycles. The summed E-state index contributed by atoms with van der Waals surface area (Å²) in [6, 6.07) is 3.11. The summed E-state index contributed by atoms with van der Waals surface area (Å²) in [6.07, 6.45) is 7.96. The topological polar surface area (TPSA) is 76.8 Å². The molecule has 7 heteroatoms. The van der Waals surface area contributed by atoms with E-state index in [4.69, 9.17) is 26.8 Å². The molecule has 5 unspecified atom stereocenters. The SMILES string of the molecule is COc1cc(N)c(Cl)cc1C(=O)NC1CCN(CCC2CC3CCC2C3)CC1OC. The summed E-state index contributed by atoms with van der Waals surface area (Å²) >= 11 is 6.12. The second-order valence-electron chi connectivity index (χ2n) is 9.24. The minimum Gasteiger partial charge on any atom is -0.496 e. The van der Waals surface area contributed by atoms with E-state index in [2.05, 4.69) is 10.2 Å². The van der Waals surface area contributed by atoms with Crippen LogP contribution in [0.15, 0.2) is 12.1 Å². The quantitative estimate of drug-likeness (QED) is 0.640. The predicted molar refractivity (Wildman–Crippen MR) is 119 cm³/mol. The Bertz CT molecular complexity index is 774. The number of carbonyl (C=O) groups is 1. The molecule has 3 aliphatic rings. The van der Waals surface area contributed by atoms with E-state index in [1.54, 1.807) is 19.2 Å². The second kappa shape index (κ2) is 9.33. The number of nitrogens with one attached hydrogen (secondary N) is 1. The zero-order chi connectivity index (χ0) is 21.3. The van der Waals surface area contributed by atoms with E-state index >= 15 is 0 Å². The van der Waals surface area contributed by atoms with Crippen LogP contribution in [0.3, 0.4) is 0 Å². The highest BCUT2D eigenvalue weighted by molar-refractivity contribution is 6.33. The zero-order valence-electron chi connectivity index (χ0n) is 18.0. The van der Waals surface area contributed by atoms with Gasteiger partial charge in [0.25, 0.3) is 5.91 Å². The lowest BCUT2D eigenvalue weighted by Crippen LogP contribution is -2.55. The van der Waals surface area contributed by atoms with Crippen LogP contribution < -0.4 is 15.8 Å². The molecule has 2 bridgehead atoms. The van der Waals surface area contributed by atoms with Gasteiger partial charge in [-0.25, -0.2) is 0 Å². The largest absolute Gasteiger partial charge is 0.496 e. The molecular weight excluding hydrogens is 402 g/mol. The number of nitrogens with two attached hydrogens (primary N) is 1. The average Bonchev–Trinajstić information content (AvgIpc) is 3.37.